The smallest absolute Gasteiger partial charge is 0.192 e. The Morgan fingerprint density at radius 1 is 1.35 bits per heavy atom. The summed E-state index contributed by atoms with van der Waals surface area (Å²) in [7, 11) is 1.95. The van der Waals surface area contributed by atoms with Gasteiger partial charge in [-0.2, -0.15) is 0 Å². The minimum atomic E-state index is 0.481. The van der Waals surface area contributed by atoms with Gasteiger partial charge in [0.15, 0.2) is 11.8 Å². The van der Waals surface area contributed by atoms with Crippen LogP contribution in [-0.4, -0.2) is 27.3 Å². The molecule has 124 valence electrons. The average molecular weight is 332 g/mol. The lowest BCUT2D eigenvalue weighted by Crippen LogP contribution is -2.37. The van der Waals surface area contributed by atoms with Crippen molar-refractivity contribution in [2.45, 2.75) is 33.4 Å². The second-order valence-corrected chi connectivity index (χ2v) is 6.38. The van der Waals surface area contributed by atoms with E-state index in [1.807, 2.05) is 36.0 Å². The number of aliphatic imine (C=N–C) groups is 1. The molecule has 0 aliphatic heterocycles. The zero-order chi connectivity index (χ0) is 16.7. The summed E-state index contributed by atoms with van der Waals surface area (Å²) in [5.74, 6) is 2.47. The van der Waals surface area contributed by atoms with E-state index in [2.05, 4.69) is 51.5 Å². The van der Waals surface area contributed by atoms with Crippen LogP contribution >= 0.6 is 11.3 Å². The van der Waals surface area contributed by atoms with Gasteiger partial charge in [0.1, 0.15) is 12.4 Å². The van der Waals surface area contributed by atoms with Gasteiger partial charge < -0.3 is 15.2 Å². The van der Waals surface area contributed by atoms with Gasteiger partial charge in [-0.3, -0.25) is 0 Å². The van der Waals surface area contributed by atoms with Gasteiger partial charge in [0.25, 0.3) is 0 Å². The summed E-state index contributed by atoms with van der Waals surface area (Å²) >= 11 is 1.83. The number of hydrogen-bond acceptors (Lipinski definition) is 4. The highest BCUT2D eigenvalue weighted by atomic mass is 32.1. The molecule has 0 radical (unpaired) electrons. The van der Waals surface area contributed by atoms with E-state index in [-0.39, 0.29) is 0 Å². The Labute approximate surface area is 141 Å². The second kappa shape index (κ2) is 8.47. The molecule has 0 amide bonds. The molecule has 2 rings (SSSR count). The van der Waals surface area contributed by atoms with Crippen LogP contribution in [0.2, 0.25) is 0 Å². The molecule has 2 aromatic heterocycles. The number of thiophene rings is 1. The molecule has 0 atom stereocenters. The molecular formula is C16H24N6S. The van der Waals surface area contributed by atoms with Crippen molar-refractivity contribution in [2.75, 3.05) is 6.54 Å². The largest absolute Gasteiger partial charge is 0.353 e. The average Bonchev–Trinajstić information content (AvgIpc) is 3.15. The van der Waals surface area contributed by atoms with Crippen LogP contribution in [-0.2, 0) is 26.6 Å². The van der Waals surface area contributed by atoms with Gasteiger partial charge >= 0.3 is 0 Å². The standard InChI is InChI=1S/C16H24N6S/c1-5-9-17-16(18-10-14-8-7-13(6-2)23-14)19-11-15-21-20-12(3)22(15)4/h5,7-8H,1,6,9-11H2,2-4H3,(H2,17,18,19). The van der Waals surface area contributed by atoms with Gasteiger partial charge in [0.05, 0.1) is 6.54 Å². The summed E-state index contributed by atoms with van der Waals surface area (Å²) in [6.07, 6.45) is 2.88. The quantitative estimate of drug-likeness (QED) is 0.463. The van der Waals surface area contributed by atoms with Crippen molar-refractivity contribution in [1.82, 2.24) is 25.4 Å². The third-order valence-corrected chi connectivity index (χ3v) is 4.70. The fourth-order valence-corrected chi connectivity index (χ4v) is 2.86. The molecule has 2 N–H and O–H groups in total. The molecule has 6 nitrogen and oxygen atoms in total. The Bertz CT molecular complexity index is 670. The molecular weight excluding hydrogens is 308 g/mol. The number of guanidine groups is 1. The maximum absolute atomic E-state index is 4.58. The molecule has 0 saturated heterocycles. The lowest BCUT2D eigenvalue weighted by molar-refractivity contribution is 0.760. The number of nitrogens with zero attached hydrogens (tertiary/aromatic N) is 4. The number of hydrogen-bond donors (Lipinski definition) is 2. The van der Waals surface area contributed by atoms with Crippen LogP contribution in [0.4, 0.5) is 0 Å². The minimum absolute atomic E-state index is 0.481. The van der Waals surface area contributed by atoms with E-state index in [4.69, 9.17) is 0 Å². The first kappa shape index (κ1) is 17.2. The van der Waals surface area contributed by atoms with Gasteiger partial charge in [-0.05, 0) is 25.5 Å². The Balaban J connectivity index is 1.98. The van der Waals surface area contributed by atoms with Crippen LogP contribution in [0.5, 0.6) is 0 Å². The first-order valence-electron chi connectivity index (χ1n) is 7.69. The predicted molar refractivity (Wildman–Crippen MR) is 95.6 cm³/mol. The number of nitrogens with one attached hydrogen (secondary N) is 2. The molecule has 0 fully saturated rings. The normalized spacial score (nSPS) is 11.5. The zero-order valence-electron chi connectivity index (χ0n) is 14.0. The van der Waals surface area contributed by atoms with E-state index in [1.54, 1.807) is 0 Å². The Morgan fingerprint density at radius 2 is 2.13 bits per heavy atom. The maximum atomic E-state index is 4.58. The summed E-state index contributed by atoms with van der Waals surface area (Å²) in [5.41, 5.74) is 0. The number of aryl methyl sites for hydroxylation is 2. The molecule has 2 aromatic rings. The van der Waals surface area contributed by atoms with Crippen molar-refractivity contribution in [1.29, 1.82) is 0 Å². The van der Waals surface area contributed by atoms with Crippen LogP contribution in [0.15, 0.2) is 29.8 Å². The highest BCUT2D eigenvalue weighted by Gasteiger charge is 2.05. The van der Waals surface area contributed by atoms with Crippen LogP contribution in [0.3, 0.4) is 0 Å². The van der Waals surface area contributed by atoms with E-state index in [0.717, 1.165) is 30.6 Å². The summed E-state index contributed by atoms with van der Waals surface area (Å²) < 4.78 is 1.95. The SMILES string of the molecule is C=CCNC(=NCc1nnc(C)n1C)NCc1ccc(CC)s1. The molecule has 7 heteroatoms. The van der Waals surface area contributed by atoms with Gasteiger partial charge in [-0.15, -0.1) is 28.1 Å². The van der Waals surface area contributed by atoms with Gasteiger partial charge in [0.2, 0.25) is 0 Å². The third kappa shape index (κ3) is 4.92. The topological polar surface area (TPSA) is 67.1 Å². The van der Waals surface area contributed by atoms with Crippen LogP contribution < -0.4 is 10.6 Å². The van der Waals surface area contributed by atoms with Crippen molar-refractivity contribution < 1.29 is 0 Å². The van der Waals surface area contributed by atoms with Gasteiger partial charge in [-0.25, -0.2) is 4.99 Å². The summed E-state index contributed by atoms with van der Waals surface area (Å²) in [6, 6.07) is 4.34. The molecule has 2 heterocycles. The fraction of sp³-hybridized carbons (Fsp3) is 0.438. The Kier molecular flexibility index (Phi) is 6.34. The lowest BCUT2D eigenvalue weighted by Gasteiger charge is -2.10. The van der Waals surface area contributed by atoms with E-state index in [0.29, 0.717) is 13.1 Å². The monoisotopic (exact) mass is 332 g/mol. The lowest BCUT2D eigenvalue weighted by atomic mass is 10.4. The highest BCUT2D eigenvalue weighted by molar-refractivity contribution is 7.11. The predicted octanol–water partition coefficient (Wildman–Crippen LogP) is 2.17. The Hall–Kier alpha value is -2.15. The molecule has 0 bridgehead atoms. The number of rotatable bonds is 7. The molecule has 0 spiro atoms. The molecule has 0 unspecified atom stereocenters. The maximum Gasteiger partial charge on any atom is 0.192 e. The highest BCUT2D eigenvalue weighted by Crippen LogP contribution is 2.16. The molecule has 0 aliphatic carbocycles. The molecule has 0 aromatic carbocycles. The fourth-order valence-electron chi connectivity index (χ4n) is 1.96. The van der Waals surface area contributed by atoms with Crippen molar-refractivity contribution >= 4 is 17.3 Å². The first-order chi connectivity index (χ1) is 11.1. The van der Waals surface area contributed by atoms with E-state index in [9.17, 15) is 0 Å². The zero-order valence-corrected chi connectivity index (χ0v) is 14.8. The minimum Gasteiger partial charge on any atom is -0.353 e. The van der Waals surface area contributed by atoms with E-state index in [1.165, 1.54) is 9.75 Å². The summed E-state index contributed by atoms with van der Waals surface area (Å²) in [5, 5.41) is 14.8. The molecule has 23 heavy (non-hydrogen) atoms. The number of aromatic nitrogens is 3. The van der Waals surface area contributed by atoms with Crippen LogP contribution in [0, 0.1) is 6.92 Å². The van der Waals surface area contributed by atoms with Crippen molar-refractivity contribution in [2.24, 2.45) is 12.0 Å². The first-order valence-corrected chi connectivity index (χ1v) is 8.51. The van der Waals surface area contributed by atoms with Crippen molar-refractivity contribution in [3.63, 3.8) is 0 Å². The van der Waals surface area contributed by atoms with E-state index >= 15 is 0 Å². The second-order valence-electron chi connectivity index (χ2n) is 5.13. The summed E-state index contributed by atoms with van der Waals surface area (Å²) in [4.78, 5) is 7.27. The van der Waals surface area contributed by atoms with Gasteiger partial charge in [0, 0.05) is 23.3 Å². The van der Waals surface area contributed by atoms with Crippen LogP contribution in [0.25, 0.3) is 0 Å². The molecule has 0 aliphatic rings. The Morgan fingerprint density at radius 3 is 2.74 bits per heavy atom. The third-order valence-electron chi connectivity index (χ3n) is 3.47. The summed E-state index contributed by atoms with van der Waals surface area (Å²) in [6.45, 7) is 9.73. The van der Waals surface area contributed by atoms with Crippen LogP contribution in [0.1, 0.15) is 28.3 Å². The van der Waals surface area contributed by atoms with Crippen molar-refractivity contribution in [3.8, 4) is 0 Å². The van der Waals surface area contributed by atoms with E-state index < -0.39 is 0 Å². The van der Waals surface area contributed by atoms with Gasteiger partial charge in [-0.1, -0.05) is 13.0 Å². The van der Waals surface area contributed by atoms with Crippen molar-refractivity contribution in [3.05, 3.63) is 46.2 Å². The molecule has 0 saturated carbocycles.